The lowest BCUT2D eigenvalue weighted by Gasteiger charge is -2.09. The first-order valence-corrected chi connectivity index (χ1v) is 5.55. The van der Waals surface area contributed by atoms with Crippen LogP contribution in [0.5, 0.6) is 0 Å². The van der Waals surface area contributed by atoms with Gasteiger partial charge in [0.25, 0.3) is 0 Å². The summed E-state index contributed by atoms with van der Waals surface area (Å²) in [5, 5.41) is 3.16. The van der Waals surface area contributed by atoms with E-state index in [1.807, 2.05) is 42.7 Å². The van der Waals surface area contributed by atoms with Crippen LogP contribution >= 0.6 is 0 Å². The highest BCUT2D eigenvalue weighted by Gasteiger charge is 2.13. The number of benzene rings is 1. The monoisotopic (exact) mass is 224 g/mol. The smallest absolute Gasteiger partial charge is 0.159 e. The zero-order chi connectivity index (χ0) is 11.5. The van der Waals surface area contributed by atoms with Gasteiger partial charge in [-0.15, -0.1) is 0 Å². The van der Waals surface area contributed by atoms with Crippen molar-refractivity contribution in [2.75, 3.05) is 6.54 Å². The molecule has 0 radical (unpaired) electrons. The molecule has 1 N–H and O–H groups in total. The summed E-state index contributed by atoms with van der Waals surface area (Å²) in [4.78, 5) is 12.9. The van der Waals surface area contributed by atoms with Gasteiger partial charge < -0.3 is 5.32 Å². The molecule has 1 aromatic carbocycles. The van der Waals surface area contributed by atoms with E-state index in [0.29, 0.717) is 0 Å². The van der Waals surface area contributed by atoms with Crippen molar-refractivity contribution in [2.45, 2.75) is 6.04 Å². The van der Waals surface area contributed by atoms with Crippen LogP contribution in [0.3, 0.4) is 0 Å². The largest absolute Gasteiger partial charge is 0.368 e. The van der Waals surface area contributed by atoms with Crippen molar-refractivity contribution in [1.29, 1.82) is 0 Å². The topological polar surface area (TPSA) is 50.2 Å². The second-order valence-electron chi connectivity index (χ2n) is 3.92. The molecule has 0 fully saturated rings. The Hall–Kier alpha value is -2.23. The average molecular weight is 224 g/mol. The Bertz CT molecular complexity index is 511. The highest BCUT2D eigenvalue weighted by Crippen LogP contribution is 2.17. The van der Waals surface area contributed by atoms with Crippen LogP contribution in [0.1, 0.15) is 11.6 Å². The number of hydrogen-bond acceptors (Lipinski definition) is 4. The van der Waals surface area contributed by atoms with Crippen molar-refractivity contribution in [3.8, 4) is 11.4 Å². The van der Waals surface area contributed by atoms with E-state index < -0.39 is 0 Å². The molecule has 1 unspecified atom stereocenters. The molecule has 4 heteroatoms. The van der Waals surface area contributed by atoms with E-state index in [1.165, 1.54) is 0 Å². The van der Waals surface area contributed by atoms with Gasteiger partial charge >= 0.3 is 0 Å². The molecule has 1 aromatic heterocycles. The van der Waals surface area contributed by atoms with E-state index in [9.17, 15) is 0 Å². The average Bonchev–Trinajstić information content (AvgIpc) is 2.94. The van der Waals surface area contributed by atoms with Crippen molar-refractivity contribution in [1.82, 2.24) is 15.3 Å². The van der Waals surface area contributed by atoms with Gasteiger partial charge in [0.2, 0.25) is 0 Å². The van der Waals surface area contributed by atoms with Gasteiger partial charge in [-0.05, 0) is 0 Å². The summed E-state index contributed by atoms with van der Waals surface area (Å²) in [5.41, 5.74) is 2.11. The Morgan fingerprint density at radius 2 is 1.82 bits per heavy atom. The standard InChI is InChI=1S/C13H12N4/c1-2-4-10(5-3-1)13-15-6-11(7-16-13)12-8-14-9-17-12/h1-7,9,12H,8H2,(H,14,17). The minimum atomic E-state index is 0.222. The van der Waals surface area contributed by atoms with Crippen LogP contribution in [-0.4, -0.2) is 22.9 Å². The van der Waals surface area contributed by atoms with Gasteiger partial charge in [-0.2, -0.15) is 0 Å². The van der Waals surface area contributed by atoms with Gasteiger partial charge in [-0.3, -0.25) is 4.99 Å². The normalized spacial score (nSPS) is 18.0. The van der Waals surface area contributed by atoms with Gasteiger partial charge in [0, 0.05) is 23.5 Å². The quantitative estimate of drug-likeness (QED) is 0.846. The molecule has 2 heterocycles. The zero-order valence-electron chi connectivity index (χ0n) is 9.24. The Morgan fingerprint density at radius 3 is 2.47 bits per heavy atom. The lowest BCUT2D eigenvalue weighted by molar-refractivity contribution is 0.704. The Kier molecular flexibility index (Phi) is 2.54. The Balaban J connectivity index is 1.85. The molecule has 2 aromatic rings. The van der Waals surface area contributed by atoms with E-state index in [0.717, 1.165) is 23.5 Å². The summed E-state index contributed by atoms with van der Waals surface area (Å²) < 4.78 is 0. The van der Waals surface area contributed by atoms with E-state index in [1.54, 1.807) is 6.34 Å². The predicted octanol–water partition coefficient (Wildman–Crippen LogP) is 1.82. The molecule has 0 bridgehead atoms. The second-order valence-corrected chi connectivity index (χ2v) is 3.92. The van der Waals surface area contributed by atoms with E-state index in [2.05, 4.69) is 20.3 Å². The van der Waals surface area contributed by atoms with Crippen molar-refractivity contribution in [3.05, 3.63) is 48.3 Å². The fourth-order valence-corrected chi connectivity index (χ4v) is 1.81. The molecule has 0 saturated carbocycles. The fraction of sp³-hybridized carbons (Fsp3) is 0.154. The first-order chi connectivity index (χ1) is 8.43. The molecule has 1 aliphatic heterocycles. The third kappa shape index (κ3) is 2.01. The van der Waals surface area contributed by atoms with E-state index >= 15 is 0 Å². The maximum absolute atomic E-state index is 4.39. The fourth-order valence-electron chi connectivity index (χ4n) is 1.81. The Labute approximate surface area is 99.5 Å². The summed E-state index contributed by atoms with van der Waals surface area (Å²) >= 11 is 0. The van der Waals surface area contributed by atoms with Gasteiger partial charge in [-0.1, -0.05) is 30.3 Å². The minimum Gasteiger partial charge on any atom is -0.368 e. The van der Waals surface area contributed by atoms with Gasteiger partial charge in [0.05, 0.1) is 18.9 Å². The van der Waals surface area contributed by atoms with Gasteiger partial charge in [-0.25, -0.2) is 9.97 Å². The molecular weight excluding hydrogens is 212 g/mol. The van der Waals surface area contributed by atoms with Crippen LogP contribution in [0.4, 0.5) is 0 Å². The second kappa shape index (κ2) is 4.33. The molecule has 0 amide bonds. The molecule has 3 rings (SSSR count). The molecule has 4 nitrogen and oxygen atoms in total. The zero-order valence-corrected chi connectivity index (χ0v) is 9.24. The number of rotatable bonds is 2. The van der Waals surface area contributed by atoms with Crippen molar-refractivity contribution >= 4 is 6.34 Å². The molecule has 0 aliphatic carbocycles. The maximum atomic E-state index is 4.39. The molecule has 84 valence electrons. The summed E-state index contributed by atoms with van der Waals surface area (Å²) in [6.07, 6.45) is 5.46. The SMILES string of the molecule is C1=NCC(c2cnc(-c3ccccc3)nc2)N1. The molecule has 0 saturated heterocycles. The van der Waals surface area contributed by atoms with Crippen LogP contribution in [0.25, 0.3) is 11.4 Å². The van der Waals surface area contributed by atoms with Crippen LogP contribution < -0.4 is 5.32 Å². The third-order valence-corrected chi connectivity index (χ3v) is 2.76. The van der Waals surface area contributed by atoms with Crippen LogP contribution in [0.15, 0.2) is 47.7 Å². The molecule has 0 spiro atoms. The number of nitrogens with one attached hydrogen (secondary N) is 1. The maximum Gasteiger partial charge on any atom is 0.159 e. The lowest BCUT2D eigenvalue weighted by Crippen LogP contribution is -2.15. The minimum absolute atomic E-state index is 0.222. The van der Waals surface area contributed by atoms with Crippen molar-refractivity contribution in [3.63, 3.8) is 0 Å². The number of aromatic nitrogens is 2. The van der Waals surface area contributed by atoms with Crippen LogP contribution in [0, 0.1) is 0 Å². The first kappa shape index (κ1) is 9.96. The van der Waals surface area contributed by atoms with Gasteiger partial charge in [0.1, 0.15) is 0 Å². The molecule has 1 aliphatic rings. The lowest BCUT2D eigenvalue weighted by atomic mass is 10.1. The Morgan fingerprint density at radius 1 is 1.06 bits per heavy atom. The third-order valence-electron chi connectivity index (χ3n) is 2.76. The van der Waals surface area contributed by atoms with Gasteiger partial charge in [0.15, 0.2) is 5.82 Å². The highest BCUT2D eigenvalue weighted by atomic mass is 15.1. The highest BCUT2D eigenvalue weighted by molar-refractivity contribution is 5.58. The van der Waals surface area contributed by atoms with E-state index in [-0.39, 0.29) is 6.04 Å². The predicted molar refractivity (Wildman–Crippen MR) is 66.7 cm³/mol. The van der Waals surface area contributed by atoms with Crippen molar-refractivity contribution in [2.24, 2.45) is 4.99 Å². The molecule has 1 atom stereocenters. The van der Waals surface area contributed by atoms with E-state index in [4.69, 9.17) is 0 Å². The van der Waals surface area contributed by atoms with Crippen LogP contribution in [-0.2, 0) is 0 Å². The first-order valence-electron chi connectivity index (χ1n) is 5.55. The number of aliphatic imine (C=N–C) groups is 1. The molecule has 17 heavy (non-hydrogen) atoms. The number of nitrogens with zero attached hydrogens (tertiary/aromatic N) is 3. The van der Waals surface area contributed by atoms with Crippen molar-refractivity contribution < 1.29 is 0 Å². The number of hydrogen-bond donors (Lipinski definition) is 1. The summed E-state index contributed by atoms with van der Waals surface area (Å²) in [7, 11) is 0. The van der Waals surface area contributed by atoms with Crippen LogP contribution in [0.2, 0.25) is 0 Å². The summed E-state index contributed by atoms with van der Waals surface area (Å²) in [6.45, 7) is 0.758. The summed E-state index contributed by atoms with van der Waals surface area (Å²) in [5.74, 6) is 0.758. The summed E-state index contributed by atoms with van der Waals surface area (Å²) in [6, 6.07) is 10.2. The molecular formula is C13H12N4.